The van der Waals surface area contributed by atoms with Gasteiger partial charge in [-0.2, -0.15) is 0 Å². The number of rotatable bonds is 4. The highest BCUT2D eigenvalue weighted by atomic mass is 35.5. The lowest BCUT2D eigenvalue weighted by atomic mass is 10.1. The monoisotopic (exact) mass is 299 g/mol. The topological polar surface area (TPSA) is 36.4 Å². The highest BCUT2D eigenvalue weighted by molar-refractivity contribution is 6.31. The molecule has 1 rings (SSSR count). The van der Waals surface area contributed by atoms with Crippen molar-refractivity contribution in [1.29, 1.82) is 0 Å². The first-order valence-electron chi connectivity index (χ1n) is 6.83. The van der Waals surface area contributed by atoms with Crippen molar-refractivity contribution in [1.82, 2.24) is 10.6 Å². The molecule has 0 aliphatic carbocycles. The molecule has 0 aromatic heterocycles. The fourth-order valence-corrected chi connectivity index (χ4v) is 1.97. The summed E-state index contributed by atoms with van der Waals surface area (Å²) in [5, 5.41) is 6.90. The quantitative estimate of drug-likeness (QED) is 0.660. The van der Waals surface area contributed by atoms with Crippen molar-refractivity contribution in [3.63, 3.8) is 0 Å². The van der Waals surface area contributed by atoms with Crippen molar-refractivity contribution in [2.75, 3.05) is 13.1 Å². The second kappa shape index (κ2) is 7.48. The highest BCUT2D eigenvalue weighted by Crippen LogP contribution is 2.19. The molecule has 0 amide bonds. The van der Waals surface area contributed by atoms with Crippen molar-refractivity contribution >= 4 is 17.6 Å². The minimum atomic E-state index is -0.276. The molecule has 0 radical (unpaired) electrons. The molecule has 0 heterocycles. The van der Waals surface area contributed by atoms with E-state index in [-0.39, 0.29) is 11.4 Å². The fraction of sp³-hybridized carbons (Fsp3) is 0.533. The van der Waals surface area contributed by atoms with Crippen LogP contribution in [-0.4, -0.2) is 24.6 Å². The summed E-state index contributed by atoms with van der Waals surface area (Å²) >= 11 is 5.99. The summed E-state index contributed by atoms with van der Waals surface area (Å²) in [5.41, 5.74) is 0.445. The molecule has 0 aliphatic rings. The number of benzene rings is 1. The van der Waals surface area contributed by atoms with E-state index in [1.807, 2.05) is 6.92 Å². The summed E-state index contributed by atoms with van der Waals surface area (Å²) in [7, 11) is 0. The van der Waals surface area contributed by atoms with Crippen LogP contribution in [0.25, 0.3) is 0 Å². The predicted octanol–water partition coefficient (Wildman–Crippen LogP) is 3.38. The third kappa shape index (κ3) is 5.78. The Bertz CT molecular complexity index is 446. The summed E-state index contributed by atoms with van der Waals surface area (Å²) < 4.78 is 13.6. The third-order valence-corrected chi connectivity index (χ3v) is 2.89. The van der Waals surface area contributed by atoms with E-state index < -0.39 is 0 Å². The van der Waals surface area contributed by atoms with Crippen LogP contribution in [0.15, 0.2) is 23.2 Å². The van der Waals surface area contributed by atoms with Crippen LogP contribution >= 0.6 is 11.6 Å². The Morgan fingerprint density at radius 1 is 1.35 bits per heavy atom. The molecule has 0 unspecified atom stereocenters. The molecule has 0 aliphatic heterocycles. The maximum Gasteiger partial charge on any atom is 0.191 e. The Kier molecular flexibility index (Phi) is 6.27. The van der Waals surface area contributed by atoms with Gasteiger partial charge in [0.05, 0.1) is 0 Å². The van der Waals surface area contributed by atoms with Gasteiger partial charge in [-0.1, -0.05) is 17.7 Å². The van der Waals surface area contributed by atoms with Crippen LogP contribution in [-0.2, 0) is 6.42 Å². The molecule has 0 spiro atoms. The van der Waals surface area contributed by atoms with Crippen LogP contribution in [0.4, 0.5) is 4.39 Å². The summed E-state index contributed by atoms with van der Waals surface area (Å²) in [6.45, 7) is 9.46. The molecule has 112 valence electrons. The Morgan fingerprint density at radius 3 is 2.60 bits per heavy atom. The first kappa shape index (κ1) is 16.8. The van der Waals surface area contributed by atoms with E-state index in [9.17, 15) is 4.39 Å². The second-order valence-electron chi connectivity index (χ2n) is 5.59. The van der Waals surface area contributed by atoms with E-state index in [2.05, 4.69) is 36.4 Å². The molecule has 5 heteroatoms. The highest BCUT2D eigenvalue weighted by Gasteiger charge is 2.12. The van der Waals surface area contributed by atoms with Crippen molar-refractivity contribution in [3.05, 3.63) is 34.6 Å². The molecule has 0 fully saturated rings. The van der Waals surface area contributed by atoms with Crippen molar-refractivity contribution in [3.8, 4) is 0 Å². The first-order chi connectivity index (χ1) is 9.33. The molecule has 0 saturated heterocycles. The van der Waals surface area contributed by atoms with E-state index in [1.54, 1.807) is 12.1 Å². The Morgan fingerprint density at radius 2 is 2.05 bits per heavy atom. The van der Waals surface area contributed by atoms with Gasteiger partial charge in [0.2, 0.25) is 0 Å². The lowest BCUT2D eigenvalue weighted by molar-refractivity contribution is 0.501. The Labute approximate surface area is 125 Å². The molecule has 0 bridgehead atoms. The average Bonchev–Trinajstić information content (AvgIpc) is 2.31. The summed E-state index contributed by atoms with van der Waals surface area (Å²) in [5.74, 6) is 0.453. The number of guanidine groups is 1. The van der Waals surface area contributed by atoms with E-state index in [0.717, 1.165) is 12.5 Å². The molecule has 0 atom stereocenters. The minimum absolute atomic E-state index is 0.0728. The average molecular weight is 300 g/mol. The van der Waals surface area contributed by atoms with Crippen LogP contribution in [0.1, 0.15) is 33.3 Å². The number of hydrogen-bond donors (Lipinski definition) is 2. The van der Waals surface area contributed by atoms with Gasteiger partial charge in [0, 0.05) is 29.2 Å². The SMILES string of the molecule is CCNC(=NCCc1c(F)cccc1Cl)NC(C)(C)C. The second-order valence-corrected chi connectivity index (χ2v) is 5.99. The molecule has 1 aromatic carbocycles. The zero-order valence-corrected chi connectivity index (χ0v) is 13.3. The van der Waals surface area contributed by atoms with Crippen LogP contribution in [0.2, 0.25) is 5.02 Å². The Hall–Kier alpha value is -1.29. The third-order valence-electron chi connectivity index (χ3n) is 2.53. The maximum absolute atomic E-state index is 13.6. The zero-order chi connectivity index (χ0) is 15.2. The summed E-state index contributed by atoms with van der Waals surface area (Å²) in [4.78, 5) is 4.45. The first-order valence-corrected chi connectivity index (χ1v) is 7.20. The van der Waals surface area contributed by atoms with Gasteiger partial charge in [-0.25, -0.2) is 4.39 Å². The molecule has 20 heavy (non-hydrogen) atoms. The largest absolute Gasteiger partial charge is 0.357 e. The van der Waals surface area contributed by atoms with E-state index >= 15 is 0 Å². The lowest BCUT2D eigenvalue weighted by Gasteiger charge is -2.23. The normalized spacial score (nSPS) is 12.4. The molecule has 1 aromatic rings. The zero-order valence-electron chi connectivity index (χ0n) is 12.6. The van der Waals surface area contributed by atoms with Gasteiger partial charge in [0.25, 0.3) is 0 Å². The standard InChI is InChI=1S/C15H23ClFN3/c1-5-18-14(20-15(2,3)4)19-10-9-11-12(16)7-6-8-13(11)17/h6-8H,5,9-10H2,1-4H3,(H2,18,19,20). The van der Waals surface area contributed by atoms with Crippen molar-refractivity contribution in [2.24, 2.45) is 4.99 Å². The predicted molar refractivity (Wildman–Crippen MR) is 84.0 cm³/mol. The number of aliphatic imine (C=N–C) groups is 1. The van der Waals surface area contributed by atoms with Crippen LogP contribution in [0.3, 0.4) is 0 Å². The molecular weight excluding hydrogens is 277 g/mol. The van der Waals surface area contributed by atoms with Crippen LogP contribution in [0, 0.1) is 5.82 Å². The molecule has 3 nitrogen and oxygen atoms in total. The van der Waals surface area contributed by atoms with Gasteiger partial charge in [-0.3, -0.25) is 4.99 Å². The summed E-state index contributed by atoms with van der Waals surface area (Å²) in [6, 6.07) is 4.72. The van der Waals surface area contributed by atoms with Gasteiger partial charge >= 0.3 is 0 Å². The maximum atomic E-state index is 13.6. The van der Waals surface area contributed by atoms with E-state index in [4.69, 9.17) is 11.6 Å². The minimum Gasteiger partial charge on any atom is -0.357 e. The van der Waals surface area contributed by atoms with Gasteiger partial charge < -0.3 is 10.6 Å². The van der Waals surface area contributed by atoms with Gasteiger partial charge in [0.15, 0.2) is 5.96 Å². The smallest absolute Gasteiger partial charge is 0.191 e. The van der Waals surface area contributed by atoms with Gasteiger partial charge in [-0.15, -0.1) is 0 Å². The number of nitrogens with zero attached hydrogens (tertiary/aromatic N) is 1. The Balaban J connectivity index is 2.69. The molecular formula is C15H23ClFN3. The van der Waals surface area contributed by atoms with E-state index in [1.165, 1.54) is 6.07 Å². The van der Waals surface area contributed by atoms with Crippen LogP contribution < -0.4 is 10.6 Å². The fourth-order valence-electron chi connectivity index (χ4n) is 1.71. The van der Waals surface area contributed by atoms with Crippen molar-refractivity contribution < 1.29 is 4.39 Å². The molecule has 2 N–H and O–H groups in total. The molecule has 0 saturated carbocycles. The van der Waals surface area contributed by atoms with Gasteiger partial charge in [-0.05, 0) is 46.2 Å². The number of nitrogens with one attached hydrogen (secondary N) is 2. The number of halogens is 2. The van der Waals surface area contributed by atoms with E-state index in [0.29, 0.717) is 23.6 Å². The van der Waals surface area contributed by atoms with Gasteiger partial charge in [0.1, 0.15) is 5.82 Å². The van der Waals surface area contributed by atoms with Crippen LogP contribution in [0.5, 0.6) is 0 Å². The number of hydrogen-bond acceptors (Lipinski definition) is 1. The summed E-state index contributed by atoms with van der Waals surface area (Å²) in [6.07, 6.45) is 0.478. The lowest BCUT2D eigenvalue weighted by Crippen LogP contribution is -2.47. The van der Waals surface area contributed by atoms with Crippen molar-refractivity contribution in [2.45, 2.75) is 39.7 Å².